The molecule has 0 unspecified atom stereocenters. The lowest BCUT2D eigenvalue weighted by Gasteiger charge is -2.18. The predicted octanol–water partition coefficient (Wildman–Crippen LogP) is -0.656. The highest BCUT2D eigenvalue weighted by molar-refractivity contribution is 5.85. The Morgan fingerprint density at radius 2 is 1.50 bits per heavy atom. The zero-order valence-corrected chi connectivity index (χ0v) is 12.8. The maximum Gasteiger partial charge on any atom is 0.0701 e. The average Bonchev–Trinajstić information content (AvgIpc) is 2.41. The lowest BCUT2D eigenvalue weighted by atomic mass is 10.4. The summed E-state index contributed by atoms with van der Waals surface area (Å²) in [7, 11) is 0. The molecule has 0 amide bonds. The average molecular weight is 311 g/mol. The number of halogens is 1. The molecule has 0 radical (unpaired) electrons. The van der Waals surface area contributed by atoms with Gasteiger partial charge in [0, 0.05) is 19.6 Å². The third-order valence-corrected chi connectivity index (χ3v) is 2.29. The van der Waals surface area contributed by atoms with Crippen molar-refractivity contribution >= 4 is 12.4 Å². The molecule has 0 atom stereocenters. The Hall–Kier alpha value is -0.390. The van der Waals surface area contributed by atoms with E-state index in [1.807, 2.05) is 4.90 Å². The van der Waals surface area contributed by atoms with Crippen molar-refractivity contribution < 1.29 is 19.3 Å². The lowest BCUT2D eigenvalue weighted by Crippen LogP contribution is -2.31. The van der Waals surface area contributed by atoms with Gasteiger partial charge in [0.05, 0.1) is 52.8 Å². The molecule has 0 aromatic carbocycles. The molecule has 7 heteroatoms. The van der Waals surface area contributed by atoms with Gasteiger partial charge in [0.1, 0.15) is 0 Å². The summed E-state index contributed by atoms with van der Waals surface area (Å²) >= 11 is 0. The van der Waals surface area contributed by atoms with Gasteiger partial charge in [-0.25, -0.2) is 0 Å². The number of aliphatic hydroxyl groups is 1. The summed E-state index contributed by atoms with van der Waals surface area (Å²) in [6, 6.07) is 0. The molecule has 3 N–H and O–H groups in total. The van der Waals surface area contributed by atoms with Crippen molar-refractivity contribution in [3.8, 4) is 12.3 Å². The first-order chi connectivity index (χ1) is 9.35. The van der Waals surface area contributed by atoms with E-state index in [4.69, 9.17) is 31.5 Å². The molecule has 0 aromatic heterocycles. The van der Waals surface area contributed by atoms with Gasteiger partial charge in [0.15, 0.2) is 0 Å². The van der Waals surface area contributed by atoms with Crippen LogP contribution in [0.2, 0.25) is 0 Å². The van der Waals surface area contributed by atoms with Crippen molar-refractivity contribution in [2.75, 3.05) is 72.4 Å². The van der Waals surface area contributed by atoms with Gasteiger partial charge in [0.2, 0.25) is 0 Å². The smallest absolute Gasteiger partial charge is 0.0701 e. The molecule has 6 nitrogen and oxygen atoms in total. The Balaban J connectivity index is 0. The molecular formula is C13H27ClN2O4. The summed E-state index contributed by atoms with van der Waals surface area (Å²) in [5.41, 5.74) is 5.27. The number of terminal acetylenes is 1. The fourth-order valence-corrected chi connectivity index (χ4v) is 1.36. The molecule has 0 aromatic rings. The van der Waals surface area contributed by atoms with Crippen LogP contribution in [0.4, 0.5) is 0 Å². The van der Waals surface area contributed by atoms with E-state index in [2.05, 4.69) is 5.92 Å². The van der Waals surface area contributed by atoms with Crippen molar-refractivity contribution in [3.63, 3.8) is 0 Å². The van der Waals surface area contributed by atoms with Gasteiger partial charge in [-0.15, -0.1) is 18.8 Å². The minimum atomic E-state index is 0. The Kier molecular flexibility index (Phi) is 20.4. The Morgan fingerprint density at radius 1 is 0.950 bits per heavy atom. The molecule has 0 fully saturated rings. The third kappa shape index (κ3) is 15.7. The van der Waals surface area contributed by atoms with Crippen LogP contribution in [0.15, 0.2) is 0 Å². The van der Waals surface area contributed by atoms with Crippen LogP contribution in [0.3, 0.4) is 0 Å². The highest BCUT2D eigenvalue weighted by Gasteiger charge is 2.01. The second-order valence-electron chi connectivity index (χ2n) is 3.83. The first kappa shape index (κ1) is 21.9. The number of hydrogen-bond donors (Lipinski definition) is 2. The van der Waals surface area contributed by atoms with Gasteiger partial charge in [-0.2, -0.15) is 0 Å². The maximum atomic E-state index is 8.83. The first-order valence-electron chi connectivity index (χ1n) is 6.55. The molecule has 0 saturated carbocycles. The second-order valence-corrected chi connectivity index (χ2v) is 3.83. The van der Waals surface area contributed by atoms with Crippen LogP contribution in [0.5, 0.6) is 0 Å². The van der Waals surface area contributed by atoms with Crippen molar-refractivity contribution in [2.24, 2.45) is 5.73 Å². The standard InChI is InChI=1S/C13H26N2O4.ClH/c1-2-4-15(5-7-16)6-9-18-11-13-19-12-10-17-8-3-14;/h1,16H,3-14H2;1H. The van der Waals surface area contributed by atoms with Crippen LogP contribution < -0.4 is 5.73 Å². The molecule has 0 aliphatic carbocycles. The zero-order chi connectivity index (χ0) is 14.2. The summed E-state index contributed by atoms with van der Waals surface area (Å²) in [4.78, 5) is 1.96. The number of ether oxygens (including phenoxy) is 3. The first-order valence-corrected chi connectivity index (χ1v) is 6.55. The van der Waals surface area contributed by atoms with Gasteiger partial charge in [0.25, 0.3) is 0 Å². The summed E-state index contributed by atoms with van der Waals surface area (Å²) < 4.78 is 15.9. The zero-order valence-electron chi connectivity index (χ0n) is 12.0. The summed E-state index contributed by atoms with van der Waals surface area (Å²) in [6.45, 7) is 5.79. The second kappa shape index (κ2) is 18.6. The largest absolute Gasteiger partial charge is 0.395 e. The monoisotopic (exact) mass is 310 g/mol. The molecule has 120 valence electrons. The lowest BCUT2D eigenvalue weighted by molar-refractivity contribution is 0.0118. The fourth-order valence-electron chi connectivity index (χ4n) is 1.36. The van der Waals surface area contributed by atoms with Crippen molar-refractivity contribution in [1.29, 1.82) is 0 Å². The van der Waals surface area contributed by atoms with Gasteiger partial charge >= 0.3 is 0 Å². The predicted molar refractivity (Wildman–Crippen MR) is 81.1 cm³/mol. The van der Waals surface area contributed by atoms with Gasteiger partial charge in [-0.1, -0.05) is 5.92 Å². The topological polar surface area (TPSA) is 77.2 Å². The maximum absolute atomic E-state index is 8.83. The van der Waals surface area contributed by atoms with E-state index >= 15 is 0 Å². The fraction of sp³-hybridized carbons (Fsp3) is 0.846. The normalized spacial score (nSPS) is 10.3. The highest BCUT2D eigenvalue weighted by Crippen LogP contribution is 1.88. The van der Waals surface area contributed by atoms with E-state index in [1.165, 1.54) is 0 Å². The van der Waals surface area contributed by atoms with Crippen LogP contribution >= 0.6 is 12.4 Å². The van der Waals surface area contributed by atoms with E-state index in [1.54, 1.807) is 0 Å². The molecule has 0 heterocycles. The van der Waals surface area contributed by atoms with Gasteiger partial charge < -0.3 is 25.1 Å². The molecule has 0 rings (SSSR count). The van der Waals surface area contributed by atoms with E-state index in [0.29, 0.717) is 65.8 Å². The SMILES string of the molecule is C#CCN(CCO)CCOCCOCCOCCN.Cl. The number of nitrogens with two attached hydrogens (primary N) is 1. The van der Waals surface area contributed by atoms with Gasteiger partial charge in [-0.3, -0.25) is 4.90 Å². The molecule has 0 bridgehead atoms. The highest BCUT2D eigenvalue weighted by atomic mass is 35.5. The summed E-state index contributed by atoms with van der Waals surface area (Å²) in [5, 5.41) is 8.83. The van der Waals surface area contributed by atoms with E-state index < -0.39 is 0 Å². The van der Waals surface area contributed by atoms with Crippen molar-refractivity contribution in [3.05, 3.63) is 0 Å². The van der Waals surface area contributed by atoms with Crippen molar-refractivity contribution in [2.45, 2.75) is 0 Å². The number of aliphatic hydroxyl groups excluding tert-OH is 1. The van der Waals surface area contributed by atoms with Crippen LogP contribution in [-0.2, 0) is 14.2 Å². The van der Waals surface area contributed by atoms with E-state index in [9.17, 15) is 0 Å². The molecule has 0 spiro atoms. The molecular weight excluding hydrogens is 284 g/mol. The molecule has 0 saturated heterocycles. The Labute approximate surface area is 128 Å². The van der Waals surface area contributed by atoms with Crippen LogP contribution in [0, 0.1) is 12.3 Å². The minimum Gasteiger partial charge on any atom is -0.395 e. The Morgan fingerprint density at radius 3 is 2.00 bits per heavy atom. The van der Waals surface area contributed by atoms with E-state index in [0.717, 1.165) is 0 Å². The number of rotatable bonds is 14. The van der Waals surface area contributed by atoms with E-state index in [-0.39, 0.29) is 19.0 Å². The van der Waals surface area contributed by atoms with Crippen LogP contribution in [0.25, 0.3) is 0 Å². The number of hydrogen-bond acceptors (Lipinski definition) is 6. The molecule has 0 aliphatic rings. The summed E-state index contributed by atoms with van der Waals surface area (Å²) in [6.07, 6.45) is 5.23. The van der Waals surface area contributed by atoms with Crippen LogP contribution in [-0.4, -0.2) is 82.4 Å². The summed E-state index contributed by atoms with van der Waals surface area (Å²) in [5.74, 6) is 2.55. The number of nitrogens with zero attached hydrogens (tertiary/aromatic N) is 1. The Bertz CT molecular complexity index is 227. The van der Waals surface area contributed by atoms with Crippen molar-refractivity contribution in [1.82, 2.24) is 4.90 Å². The quantitative estimate of drug-likeness (QED) is 0.328. The molecule has 20 heavy (non-hydrogen) atoms. The minimum absolute atomic E-state index is 0. The van der Waals surface area contributed by atoms with Gasteiger partial charge in [-0.05, 0) is 0 Å². The third-order valence-electron chi connectivity index (χ3n) is 2.29. The van der Waals surface area contributed by atoms with Crippen LogP contribution in [0.1, 0.15) is 0 Å². The molecule has 0 aliphatic heterocycles.